The molecule has 0 N–H and O–H groups in total. The third-order valence-electron chi connectivity index (χ3n) is 14.7. The maximum absolute atomic E-state index is 6.28. The second-order valence-electron chi connectivity index (χ2n) is 18.4. The molecule has 0 amide bonds. The van der Waals surface area contributed by atoms with Crippen LogP contribution in [-0.2, 0) is 5.41 Å². The van der Waals surface area contributed by atoms with Crippen LogP contribution >= 0.6 is 0 Å². The summed E-state index contributed by atoms with van der Waals surface area (Å²) in [6.07, 6.45) is 8.43. The number of aromatic nitrogens is 1. The summed E-state index contributed by atoms with van der Waals surface area (Å²) in [6.45, 7) is 0. The molecule has 3 nitrogen and oxygen atoms in total. The molecule has 0 radical (unpaired) electrons. The molecule has 3 heteroatoms. The second-order valence-corrected chi connectivity index (χ2v) is 18.4. The molecule has 0 aliphatic heterocycles. The van der Waals surface area contributed by atoms with Crippen molar-refractivity contribution < 1.29 is 4.42 Å². The largest absolute Gasteiger partial charge is 0.456 e. The van der Waals surface area contributed by atoms with E-state index >= 15 is 0 Å². The predicted molar refractivity (Wildman–Crippen MR) is 253 cm³/mol. The van der Waals surface area contributed by atoms with Crippen molar-refractivity contribution in [1.29, 1.82) is 0 Å². The SMILES string of the molecule is c1cc(-c2ccc(N(c3ccc(-c4ccc5c(c4)oc4ccccc45)cc3)c3cccc(C45CC6C[C@H](C4)C[C@H](C6)C5)c3)cc2)cc(-n2c3ccccc3c3ccccc32)c1. The average Bonchev–Trinajstić information content (AvgIpc) is 3.85. The highest BCUT2D eigenvalue weighted by Gasteiger charge is 2.51. The summed E-state index contributed by atoms with van der Waals surface area (Å²) in [6, 6.07) is 69.3. The van der Waals surface area contributed by atoms with E-state index in [9.17, 15) is 0 Å². The highest BCUT2D eigenvalue weighted by Crippen LogP contribution is 2.61. The number of anilines is 3. The molecule has 61 heavy (non-hydrogen) atoms. The fraction of sp³-hybridized carbons (Fsp3) is 0.172. The Morgan fingerprint density at radius 3 is 1.61 bits per heavy atom. The van der Waals surface area contributed by atoms with Gasteiger partial charge in [0, 0.05) is 44.3 Å². The number of benzene rings is 8. The molecule has 4 aliphatic rings. The molecule has 2 heterocycles. The van der Waals surface area contributed by atoms with Gasteiger partial charge in [-0.15, -0.1) is 0 Å². The zero-order chi connectivity index (χ0) is 40.1. The van der Waals surface area contributed by atoms with E-state index in [0.29, 0.717) is 5.41 Å². The van der Waals surface area contributed by atoms with Crippen LogP contribution in [0.4, 0.5) is 17.1 Å². The second kappa shape index (κ2) is 13.6. The highest BCUT2D eigenvalue weighted by molar-refractivity contribution is 6.09. The Bertz CT molecular complexity index is 3200. The molecule has 0 spiro atoms. The van der Waals surface area contributed by atoms with Crippen LogP contribution in [0.25, 0.3) is 71.7 Å². The Labute approximate surface area is 356 Å². The van der Waals surface area contributed by atoms with Gasteiger partial charge < -0.3 is 13.9 Å². The van der Waals surface area contributed by atoms with E-state index in [0.717, 1.165) is 56.6 Å². The van der Waals surface area contributed by atoms with Crippen LogP contribution in [0.15, 0.2) is 192 Å². The third-order valence-corrected chi connectivity index (χ3v) is 14.7. The van der Waals surface area contributed by atoms with Gasteiger partial charge in [-0.25, -0.2) is 0 Å². The zero-order valence-corrected chi connectivity index (χ0v) is 34.2. The van der Waals surface area contributed by atoms with Crippen molar-refractivity contribution in [1.82, 2.24) is 4.57 Å². The monoisotopic (exact) mass is 786 g/mol. The minimum Gasteiger partial charge on any atom is -0.456 e. The molecular weight excluding hydrogens is 741 g/mol. The van der Waals surface area contributed by atoms with Crippen LogP contribution in [-0.4, -0.2) is 4.57 Å². The maximum atomic E-state index is 6.28. The summed E-state index contributed by atoms with van der Waals surface area (Å²) in [5, 5.41) is 4.87. The molecule has 14 rings (SSSR count). The van der Waals surface area contributed by atoms with Gasteiger partial charge in [-0.1, -0.05) is 109 Å². The molecule has 0 saturated heterocycles. The van der Waals surface area contributed by atoms with Crippen LogP contribution in [0.1, 0.15) is 44.1 Å². The van der Waals surface area contributed by atoms with Crippen LogP contribution in [0.2, 0.25) is 0 Å². The van der Waals surface area contributed by atoms with E-state index in [-0.39, 0.29) is 0 Å². The number of hydrogen-bond donors (Lipinski definition) is 0. The molecule has 4 aliphatic carbocycles. The van der Waals surface area contributed by atoms with E-state index in [1.165, 1.54) is 88.4 Å². The molecule has 8 aromatic carbocycles. The van der Waals surface area contributed by atoms with Crippen molar-refractivity contribution in [3.05, 3.63) is 194 Å². The van der Waals surface area contributed by atoms with Gasteiger partial charge >= 0.3 is 0 Å². The van der Waals surface area contributed by atoms with E-state index < -0.39 is 0 Å². The highest BCUT2D eigenvalue weighted by atomic mass is 16.3. The Balaban J connectivity index is 0.883. The minimum atomic E-state index is 0.320. The minimum absolute atomic E-state index is 0.320. The van der Waals surface area contributed by atoms with Crippen molar-refractivity contribution in [3.63, 3.8) is 0 Å². The first-order valence-corrected chi connectivity index (χ1v) is 22.2. The van der Waals surface area contributed by atoms with Gasteiger partial charge in [-0.2, -0.15) is 0 Å². The van der Waals surface area contributed by atoms with Crippen LogP contribution < -0.4 is 4.90 Å². The number of hydrogen-bond acceptors (Lipinski definition) is 2. The molecule has 294 valence electrons. The number of fused-ring (bicyclic) bond motifs is 6. The lowest BCUT2D eigenvalue weighted by Gasteiger charge is -2.57. The van der Waals surface area contributed by atoms with Gasteiger partial charge in [-0.05, 0) is 168 Å². The molecule has 10 aromatic rings. The number of furan rings is 1. The molecule has 0 atom stereocenters. The first-order valence-electron chi connectivity index (χ1n) is 22.2. The van der Waals surface area contributed by atoms with E-state index in [2.05, 4.69) is 185 Å². The number of nitrogens with zero attached hydrogens (tertiary/aromatic N) is 2. The van der Waals surface area contributed by atoms with E-state index in [1.807, 2.05) is 12.1 Å². The van der Waals surface area contributed by atoms with Crippen molar-refractivity contribution in [2.24, 2.45) is 17.8 Å². The van der Waals surface area contributed by atoms with Crippen molar-refractivity contribution in [2.75, 3.05) is 4.90 Å². The summed E-state index contributed by atoms with van der Waals surface area (Å²) < 4.78 is 8.68. The maximum Gasteiger partial charge on any atom is 0.136 e. The quantitative estimate of drug-likeness (QED) is 0.160. The Hall–Kier alpha value is -6.84. The first-order chi connectivity index (χ1) is 30.1. The molecule has 4 saturated carbocycles. The number of rotatable bonds is 7. The normalized spacial score (nSPS) is 20.6. The third kappa shape index (κ3) is 5.71. The summed E-state index contributed by atoms with van der Waals surface area (Å²) in [5.41, 5.74) is 15.6. The standard InChI is InChI=1S/C58H46N2O/c1-4-16-54-50(13-1)51-14-2-5-17-55(51)60(54)48-11-7-9-43(32-48)41-19-24-46(25-20-41)59(49-12-8-10-45(34-49)58-35-38-29-39(36-58)31-40(30-38)37-58)47-26-21-42(22-27-47)44-23-28-53-52-15-3-6-18-56(52)61-57(53)33-44/h1-28,32-34,38-40H,29-31,35-37H2/t38-,39-,40?,58?/m1/s1. The van der Waals surface area contributed by atoms with Gasteiger partial charge in [0.2, 0.25) is 0 Å². The Kier molecular flexibility index (Phi) is 7.79. The van der Waals surface area contributed by atoms with E-state index in [1.54, 1.807) is 5.56 Å². The summed E-state index contributed by atoms with van der Waals surface area (Å²) in [5.74, 6) is 2.70. The Morgan fingerprint density at radius 2 is 0.951 bits per heavy atom. The number of para-hydroxylation sites is 3. The zero-order valence-electron chi connectivity index (χ0n) is 34.2. The molecule has 0 unspecified atom stereocenters. The van der Waals surface area contributed by atoms with Gasteiger partial charge in [-0.3, -0.25) is 0 Å². The summed E-state index contributed by atoms with van der Waals surface area (Å²) >= 11 is 0. The molecule has 4 bridgehead atoms. The molecular formula is C58H46N2O. The topological polar surface area (TPSA) is 21.3 Å². The fourth-order valence-electron chi connectivity index (χ4n) is 12.4. The summed E-state index contributed by atoms with van der Waals surface area (Å²) in [4.78, 5) is 2.47. The van der Waals surface area contributed by atoms with Crippen LogP contribution in [0, 0.1) is 17.8 Å². The average molecular weight is 787 g/mol. The molecule has 2 aromatic heterocycles. The molecule has 4 fully saturated rings. The predicted octanol–water partition coefficient (Wildman–Crippen LogP) is 16.0. The first kappa shape index (κ1) is 35.0. The van der Waals surface area contributed by atoms with Gasteiger partial charge in [0.15, 0.2) is 0 Å². The van der Waals surface area contributed by atoms with Crippen molar-refractivity contribution >= 4 is 60.8 Å². The van der Waals surface area contributed by atoms with E-state index in [4.69, 9.17) is 4.42 Å². The smallest absolute Gasteiger partial charge is 0.136 e. The van der Waals surface area contributed by atoms with Crippen molar-refractivity contribution in [2.45, 2.75) is 43.9 Å². The lowest BCUT2D eigenvalue weighted by Crippen LogP contribution is -2.48. The fourth-order valence-corrected chi connectivity index (χ4v) is 12.4. The van der Waals surface area contributed by atoms with Crippen LogP contribution in [0.5, 0.6) is 0 Å². The van der Waals surface area contributed by atoms with Gasteiger partial charge in [0.25, 0.3) is 0 Å². The Morgan fingerprint density at radius 1 is 0.410 bits per heavy atom. The van der Waals surface area contributed by atoms with Gasteiger partial charge in [0.05, 0.1) is 11.0 Å². The summed E-state index contributed by atoms with van der Waals surface area (Å²) in [7, 11) is 0. The lowest BCUT2D eigenvalue weighted by atomic mass is 9.48. The van der Waals surface area contributed by atoms with Crippen molar-refractivity contribution in [3.8, 4) is 27.9 Å². The van der Waals surface area contributed by atoms with Gasteiger partial charge in [0.1, 0.15) is 11.2 Å². The lowest BCUT2D eigenvalue weighted by molar-refractivity contribution is -0.00516. The van der Waals surface area contributed by atoms with Crippen LogP contribution in [0.3, 0.4) is 0 Å².